The SMILES string of the molecule is CS(=O)(=O)c1ccc(F)cc1-c1cncn1C1NNc2nc(NC(=O)C3CC3)sc21. The van der Waals surface area contributed by atoms with E-state index in [9.17, 15) is 17.6 Å². The fourth-order valence-electron chi connectivity index (χ4n) is 3.36. The molecule has 0 spiro atoms. The first-order valence-electron chi connectivity index (χ1n) is 9.16. The van der Waals surface area contributed by atoms with Gasteiger partial charge in [0, 0.05) is 17.7 Å². The Balaban J connectivity index is 1.53. The Morgan fingerprint density at radius 3 is 2.90 bits per heavy atom. The normalized spacial score (nSPS) is 18.1. The number of anilines is 2. The molecule has 1 aliphatic carbocycles. The molecule has 2 aliphatic rings. The molecule has 1 atom stereocenters. The van der Waals surface area contributed by atoms with Gasteiger partial charge in [-0.2, -0.15) is 0 Å². The van der Waals surface area contributed by atoms with Gasteiger partial charge in [0.2, 0.25) is 5.91 Å². The monoisotopic (exact) mass is 448 g/mol. The zero-order chi connectivity index (χ0) is 21.0. The van der Waals surface area contributed by atoms with Gasteiger partial charge < -0.3 is 15.3 Å². The maximum atomic E-state index is 14.0. The molecule has 12 heteroatoms. The number of imidazole rings is 1. The van der Waals surface area contributed by atoms with Crippen LogP contribution in [-0.4, -0.2) is 35.1 Å². The van der Waals surface area contributed by atoms with Crippen LogP contribution in [0.1, 0.15) is 23.9 Å². The van der Waals surface area contributed by atoms with Gasteiger partial charge in [0.25, 0.3) is 0 Å². The van der Waals surface area contributed by atoms with Crippen molar-refractivity contribution >= 4 is 38.0 Å². The first-order chi connectivity index (χ1) is 14.3. The van der Waals surface area contributed by atoms with Gasteiger partial charge in [0.05, 0.1) is 28.0 Å². The average molecular weight is 449 g/mol. The Kier molecular flexibility index (Phi) is 4.38. The van der Waals surface area contributed by atoms with Crippen LogP contribution in [0.25, 0.3) is 11.3 Å². The van der Waals surface area contributed by atoms with Gasteiger partial charge in [0.1, 0.15) is 12.0 Å². The summed E-state index contributed by atoms with van der Waals surface area (Å²) in [6, 6.07) is 3.55. The van der Waals surface area contributed by atoms with Crippen molar-refractivity contribution in [2.24, 2.45) is 5.92 Å². The molecule has 1 fully saturated rings. The van der Waals surface area contributed by atoms with E-state index in [0.717, 1.165) is 30.0 Å². The van der Waals surface area contributed by atoms with E-state index in [4.69, 9.17) is 0 Å². The fraction of sp³-hybridized carbons (Fsp3) is 0.278. The number of carbonyl (C=O) groups excluding carboxylic acids is 1. The highest BCUT2D eigenvalue weighted by atomic mass is 32.2. The van der Waals surface area contributed by atoms with Crippen molar-refractivity contribution in [3.05, 3.63) is 41.4 Å². The molecule has 3 heterocycles. The fourth-order valence-corrected chi connectivity index (χ4v) is 5.21. The Morgan fingerprint density at radius 2 is 2.17 bits per heavy atom. The van der Waals surface area contributed by atoms with Gasteiger partial charge in [-0.05, 0) is 31.0 Å². The van der Waals surface area contributed by atoms with Crippen molar-refractivity contribution in [3.63, 3.8) is 0 Å². The average Bonchev–Trinajstić information content (AvgIpc) is 3.11. The molecule has 30 heavy (non-hydrogen) atoms. The maximum Gasteiger partial charge on any atom is 0.229 e. The molecule has 156 valence electrons. The van der Waals surface area contributed by atoms with Gasteiger partial charge in [-0.25, -0.2) is 28.2 Å². The van der Waals surface area contributed by atoms with Crippen LogP contribution in [0.15, 0.2) is 35.6 Å². The summed E-state index contributed by atoms with van der Waals surface area (Å²) >= 11 is 1.31. The molecule has 1 aliphatic heterocycles. The lowest BCUT2D eigenvalue weighted by atomic mass is 10.1. The van der Waals surface area contributed by atoms with Crippen LogP contribution >= 0.6 is 11.3 Å². The predicted octanol–water partition coefficient (Wildman–Crippen LogP) is 2.37. The first-order valence-corrected chi connectivity index (χ1v) is 11.9. The number of carbonyl (C=O) groups is 1. The van der Waals surface area contributed by atoms with Gasteiger partial charge in [-0.3, -0.25) is 4.79 Å². The summed E-state index contributed by atoms with van der Waals surface area (Å²) in [7, 11) is -3.59. The van der Waals surface area contributed by atoms with E-state index >= 15 is 0 Å². The number of halogens is 1. The number of benzene rings is 1. The minimum Gasteiger partial charge on any atom is -0.307 e. The van der Waals surface area contributed by atoms with Crippen LogP contribution in [0.3, 0.4) is 0 Å². The smallest absolute Gasteiger partial charge is 0.229 e. The summed E-state index contributed by atoms with van der Waals surface area (Å²) in [5, 5.41) is 3.32. The quantitative estimate of drug-likeness (QED) is 0.513. The predicted molar refractivity (Wildman–Crippen MR) is 109 cm³/mol. The van der Waals surface area contributed by atoms with Gasteiger partial charge in [0.15, 0.2) is 20.8 Å². The second kappa shape index (κ2) is 6.86. The van der Waals surface area contributed by atoms with Crippen LogP contribution < -0.4 is 16.2 Å². The lowest BCUT2D eigenvalue weighted by Gasteiger charge is -2.17. The number of rotatable bonds is 5. The first kappa shape index (κ1) is 19.2. The van der Waals surface area contributed by atoms with Crippen LogP contribution in [0.5, 0.6) is 0 Å². The molecule has 1 unspecified atom stereocenters. The summed E-state index contributed by atoms with van der Waals surface area (Å²) in [4.78, 5) is 21.4. The van der Waals surface area contributed by atoms with E-state index in [2.05, 4.69) is 26.1 Å². The van der Waals surface area contributed by atoms with Gasteiger partial charge >= 0.3 is 0 Å². The maximum absolute atomic E-state index is 14.0. The molecule has 0 radical (unpaired) electrons. The third kappa shape index (κ3) is 3.36. The van der Waals surface area contributed by atoms with Crippen molar-refractivity contribution in [2.45, 2.75) is 23.9 Å². The highest BCUT2D eigenvalue weighted by Gasteiger charge is 2.33. The molecule has 3 N–H and O–H groups in total. The summed E-state index contributed by atoms with van der Waals surface area (Å²) in [6.45, 7) is 0. The third-order valence-electron chi connectivity index (χ3n) is 4.97. The highest BCUT2D eigenvalue weighted by molar-refractivity contribution is 7.90. The van der Waals surface area contributed by atoms with Crippen LogP contribution in [0, 0.1) is 11.7 Å². The molecule has 5 rings (SSSR count). The lowest BCUT2D eigenvalue weighted by Crippen LogP contribution is -2.25. The zero-order valence-electron chi connectivity index (χ0n) is 15.7. The van der Waals surface area contributed by atoms with E-state index < -0.39 is 21.8 Å². The zero-order valence-corrected chi connectivity index (χ0v) is 17.3. The van der Waals surface area contributed by atoms with E-state index in [1.165, 1.54) is 36.0 Å². The lowest BCUT2D eigenvalue weighted by molar-refractivity contribution is -0.117. The van der Waals surface area contributed by atoms with Crippen molar-refractivity contribution in [2.75, 3.05) is 17.0 Å². The third-order valence-corrected chi connectivity index (χ3v) is 7.15. The molecule has 1 saturated carbocycles. The number of nitrogens with one attached hydrogen (secondary N) is 3. The van der Waals surface area contributed by atoms with Crippen molar-refractivity contribution in [1.29, 1.82) is 0 Å². The summed E-state index contributed by atoms with van der Waals surface area (Å²) in [5.41, 5.74) is 6.69. The molecule has 0 saturated heterocycles. The van der Waals surface area contributed by atoms with Crippen molar-refractivity contribution in [3.8, 4) is 11.3 Å². The van der Waals surface area contributed by atoms with Gasteiger partial charge in [-0.15, -0.1) is 0 Å². The number of thiazole rings is 1. The standard InChI is InChI=1S/C18H17FN6O3S2/c1-30(27,28)13-5-4-10(19)6-11(13)12-7-20-8-25(12)16-14-15(23-24-16)21-18(29-14)22-17(26)9-2-3-9/h4-9,16,23-24H,2-3H2,1H3,(H,21,22,26). The van der Waals surface area contributed by atoms with Crippen LogP contribution in [0.2, 0.25) is 0 Å². The number of aromatic nitrogens is 3. The number of hydrogen-bond acceptors (Lipinski definition) is 8. The van der Waals surface area contributed by atoms with E-state index in [-0.39, 0.29) is 22.3 Å². The molecular formula is C18H17FN6O3S2. The second-order valence-electron chi connectivity index (χ2n) is 7.27. The number of amides is 1. The molecule has 2 aromatic heterocycles. The number of hydrogen-bond donors (Lipinski definition) is 3. The molecule has 0 bridgehead atoms. The number of sulfone groups is 1. The molecular weight excluding hydrogens is 431 g/mol. The van der Waals surface area contributed by atoms with E-state index in [1.807, 2.05) is 0 Å². The van der Waals surface area contributed by atoms with Crippen molar-refractivity contribution < 1.29 is 17.6 Å². The number of hydrazine groups is 1. The van der Waals surface area contributed by atoms with Crippen LogP contribution in [0.4, 0.5) is 15.3 Å². The molecule has 1 amide bonds. The molecule has 1 aromatic carbocycles. The topological polar surface area (TPSA) is 118 Å². The largest absolute Gasteiger partial charge is 0.307 e. The highest BCUT2D eigenvalue weighted by Crippen LogP contribution is 2.40. The Morgan fingerprint density at radius 1 is 1.37 bits per heavy atom. The Hall–Kier alpha value is -2.83. The number of fused-ring (bicyclic) bond motifs is 1. The van der Waals surface area contributed by atoms with E-state index in [0.29, 0.717) is 16.6 Å². The Labute approximate surface area is 175 Å². The second-order valence-corrected chi connectivity index (χ2v) is 10.3. The van der Waals surface area contributed by atoms with Crippen LogP contribution in [-0.2, 0) is 14.6 Å². The van der Waals surface area contributed by atoms with Gasteiger partial charge in [-0.1, -0.05) is 11.3 Å². The summed E-state index contributed by atoms with van der Waals surface area (Å²) in [5.74, 6) is 0.0469. The molecule has 3 aromatic rings. The number of nitrogens with zero attached hydrogens (tertiary/aromatic N) is 3. The van der Waals surface area contributed by atoms with E-state index in [1.54, 1.807) is 4.57 Å². The molecule has 9 nitrogen and oxygen atoms in total. The Bertz CT molecular complexity index is 1260. The minimum absolute atomic E-state index is 0.0125. The summed E-state index contributed by atoms with van der Waals surface area (Å²) < 4.78 is 40.1. The van der Waals surface area contributed by atoms with Crippen molar-refractivity contribution in [1.82, 2.24) is 20.0 Å². The minimum atomic E-state index is -3.59. The summed E-state index contributed by atoms with van der Waals surface area (Å²) in [6.07, 6.45) is 5.43.